The van der Waals surface area contributed by atoms with Crippen LogP contribution in [-0.2, 0) is 11.3 Å². The molecule has 0 bridgehead atoms. The van der Waals surface area contributed by atoms with Gasteiger partial charge in [-0.3, -0.25) is 9.69 Å². The minimum absolute atomic E-state index is 0.187. The Kier molecular flexibility index (Phi) is 4.43. The maximum atomic E-state index is 11.7. The van der Waals surface area contributed by atoms with Crippen molar-refractivity contribution in [2.24, 2.45) is 0 Å². The van der Waals surface area contributed by atoms with Crippen LogP contribution in [0, 0.1) is 0 Å². The van der Waals surface area contributed by atoms with Crippen molar-refractivity contribution in [3.8, 4) is 0 Å². The number of amides is 1. The van der Waals surface area contributed by atoms with E-state index >= 15 is 0 Å². The third kappa shape index (κ3) is 3.96. The van der Waals surface area contributed by atoms with Gasteiger partial charge >= 0.3 is 0 Å². The van der Waals surface area contributed by atoms with Gasteiger partial charge in [0.05, 0.1) is 0 Å². The van der Waals surface area contributed by atoms with Crippen LogP contribution < -0.4 is 5.73 Å². The maximum absolute atomic E-state index is 11.7. The Hall–Kier alpha value is -1.55. The molecule has 1 aromatic rings. The molecule has 2 rings (SSSR count). The average molecular weight is 261 g/mol. The summed E-state index contributed by atoms with van der Waals surface area (Å²) in [5.41, 5.74) is 7.99. The second-order valence-corrected chi connectivity index (χ2v) is 5.44. The monoisotopic (exact) mass is 261 g/mol. The van der Waals surface area contributed by atoms with Crippen LogP contribution in [0.1, 0.15) is 24.8 Å². The number of nitrogen functional groups attached to an aromatic ring is 1. The molecule has 1 saturated carbocycles. The summed E-state index contributed by atoms with van der Waals surface area (Å²) in [4.78, 5) is 15.7. The Morgan fingerprint density at radius 1 is 1.32 bits per heavy atom. The highest BCUT2D eigenvalue weighted by atomic mass is 16.2. The van der Waals surface area contributed by atoms with E-state index in [-0.39, 0.29) is 5.91 Å². The molecule has 0 spiro atoms. The third-order valence-electron chi connectivity index (χ3n) is 3.60. The molecule has 0 aliphatic heterocycles. The smallest absolute Gasteiger partial charge is 0.223 e. The van der Waals surface area contributed by atoms with Gasteiger partial charge in [0.1, 0.15) is 0 Å². The SMILES string of the molecule is CN(C)C(=O)CCN(Cc1ccccc1N)C1CC1. The fraction of sp³-hybridized carbons (Fsp3) is 0.533. The van der Waals surface area contributed by atoms with Crippen LogP contribution in [0.2, 0.25) is 0 Å². The van der Waals surface area contributed by atoms with Gasteiger partial charge in [0.2, 0.25) is 5.91 Å². The van der Waals surface area contributed by atoms with Crippen molar-refractivity contribution in [3.05, 3.63) is 29.8 Å². The fourth-order valence-corrected chi connectivity index (χ4v) is 2.19. The summed E-state index contributed by atoms with van der Waals surface area (Å²) in [6.07, 6.45) is 3.06. The predicted octanol–water partition coefficient (Wildman–Crippen LogP) is 1.71. The summed E-state index contributed by atoms with van der Waals surface area (Å²) < 4.78 is 0. The summed E-state index contributed by atoms with van der Waals surface area (Å²) >= 11 is 0. The van der Waals surface area contributed by atoms with Gasteiger partial charge < -0.3 is 10.6 Å². The summed E-state index contributed by atoms with van der Waals surface area (Å²) in [6, 6.07) is 8.61. The number of nitrogens with zero attached hydrogens (tertiary/aromatic N) is 2. The number of nitrogens with two attached hydrogens (primary N) is 1. The Labute approximate surface area is 115 Å². The molecule has 1 fully saturated rings. The zero-order valence-corrected chi connectivity index (χ0v) is 11.8. The highest BCUT2D eigenvalue weighted by molar-refractivity contribution is 5.75. The molecular formula is C15H23N3O. The molecule has 4 nitrogen and oxygen atoms in total. The average Bonchev–Trinajstić information content (AvgIpc) is 3.20. The molecule has 1 aromatic carbocycles. The molecule has 1 aliphatic rings. The normalized spacial score (nSPS) is 14.7. The molecule has 0 aromatic heterocycles. The highest BCUT2D eigenvalue weighted by Crippen LogP contribution is 2.29. The van der Waals surface area contributed by atoms with E-state index in [0.717, 1.165) is 24.3 Å². The van der Waals surface area contributed by atoms with E-state index < -0.39 is 0 Å². The first-order valence-corrected chi connectivity index (χ1v) is 6.85. The van der Waals surface area contributed by atoms with Gasteiger partial charge in [-0.15, -0.1) is 0 Å². The Bertz CT molecular complexity index is 441. The van der Waals surface area contributed by atoms with Crippen LogP contribution in [0.15, 0.2) is 24.3 Å². The van der Waals surface area contributed by atoms with E-state index in [4.69, 9.17) is 5.73 Å². The van der Waals surface area contributed by atoms with Crippen LogP contribution in [0.25, 0.3) is 0 Å². The summed E-state index contributed by atoms with van der Waals surface area (Å²) in [5.74, 6) is 0.187. The van der Waals surface area contributed by atoms with Crippen molar-refractivity contribution in [1.82, 2.24) is 9.80 Å². The van der Waals surface area contributed by atoms with Gasteiger partial charge in [0.25, 0.3) is 0 Å². The Balaban J connectivity index is 1.94. The molecule has 4 heteroatoms. The lowest BCUT2D eigenvalue weighted by molar-refractivity contribution is -0.129. The number of rotatable bonds is 6. The standard InChI is InChI=1S/C15H23N3O/c1-17(2)15(19)9-10-18(13-7-8-13)11-12-5-3-4-6-14(12)16/h3-6,13H,7-11,16H2,1-2H3. The first-order chi connectivity index (χ1) is 9.08. The number of benzene rings is 1. The highest BCUT2D eigenvalue weighted by Gasteiger charge is 2.29. The molecule has 1 aliphatic carbocycles. The van der Waals surface area contributed by atoms with Crippen LogP contribution in [0.4, 0.5) is 5.69 Å². The van der Waals surface area contributed by atoms with Crippen molar-refractivity contribution in [3.63, 3.8) is 0 Å². The number of hydrogen-bond acceptors (Lipinski definition) is 3. The zero-order chi connectivity index (χ0) is 13.8. The van der Waals surface area contributed by atoms with Gasteiger partial charge in [-0.05, 0) is 24.5 Å². The summed E-state index contributed by atoms with van der Waals surface area (Å²) in [7, 11) is 3.61. The van der Waals surface area contributed by atoms with E-state index in [2.05, 4.69) is 11.0 Å². The molecule has 1 amide bonds. The number of para-hydroxylation sites is 1. The van der Waals surface area contributed by atoms with Crippen LogP contribution in [0.5, 0.6) is 0 Å². The summed E-state index contributed by atoms with van der Waals surface area (Å²) in [5, 5.41) is 0. The van der Waals surface area contributed by atoms with Crippen molar-refractivity contribution in [2.45, 2.75) is 31.8 Å². The lowest BCUT2D eigenvalue weighted by atomic mass is 10.1. The van der Waals surface area contributed by atoms with E-state index in [9.17, 15) is 4.79 Å². The minimum Gasteiger partial charge on any atom is -0.398 e. The van der Waals surface area contributed by atoms with Crippen molar-refractivity contribution in [1.29, 1.82) is 0 Å². The first kappa shape index (κ1) is 13.9. The lowest BCUT2D eigenvalue weighted by Crippen LogP contribution is -2.31. The van der Waals surface area contributed by atoms with Gasteiger partial charge in [0, 0.05) is 45.3 Å². The Morgan fingerprint density at radius 2 is 2.00 bits per heavy atom. The number of hydrogen-bond donors (Lipinski definition) is 1. The quantitative estimate of drug-likeness (QED) is 0.793. The molecule has 0 unspecified atom stereocenters. The van der Waals surface area contributed by atoms with Crippen LogP contribution >= 0.6 is 0 Å². The number of anilines is 1. The number of carbonyl (C=O) groups is 1. The van der Waals surface area contributed by atoms with E-state index in [0.29, 0.717) is 12.5 Å². The minimum atomic E-state index is 0.187. The van der Waals surface area contributed by atoms with E-state index in [1.54, 1.807) is 19.0 Å². The molecule has 0 saturated heterocycles. The van der Waals surface area contributed by atoms with E-state index in [1.165, 1.54) is 12.8 Å². The topological polar surface area (TPSA) is 49.6 Å². The molecule has 104 valence electrons. The first-order valence-electron chi connectivity index (χ1n) is 6.85. The second kappa shape index (κ2) is 6.06. The van der Waals surface area contributed by atoms with Gasteiger partial charge in [-0.1, -0.05) is 18.2 Å². The molecular weight excluding hydrogens is 238 g/mol. The van der Waals surface area contributed by atoms with Crippen molar-refractivity contribution < 1.29 is 4.79 Å². The predicted molar refractivity (Wildman–Crippen MR) is 77.6 cm³/mol. The zero-order valence-electron chi connectivity index (χ0n) is 11.8. The fourth-order valence-electron chi connectivity index (χ4n) is 2.19. The van der Waals surface area contributed by atoms with E-state index in [1.807, 2.05) is 18.2 Å². The van der Waals surface area contributed by atoms with Crippen molar-refractivity contribution >= 4 is 11.6 Å². The molecule has 0 heterocycles. The molecule has 2 N–H and O–H groups in total. The number of carbonyl (C=O) groups excluding carboxylic acids is 1. The van der Waals surface area contributed by atoms with Gasteiger partial charge in [-0.2, -0.15) is 0 Å². The lowest BCUT2D eigenvalue weighted by Gasteiger charge is -2.23. The largest absolute Gasteiger partial charge is 0.398 e. The molecule has 0 atom stereocenters. The Morgan fingerprint density at radius 3 is 2.58 bits per heavy atom. The second-order valence-electron chi connectivity index (χ2n) is 5.44. The third-order valence-corrected chi connectivity index (χ3v) is 3.60. The van der Waals surface area contributed by atoms with Gasteiger partial charge in [-0.25, -0.2) is 0 Å². The maximum Gasteiger partial charge on any atom is 0.223 e. The van der Waals surface area contributed by atoms with Gasteiger partial charge in [0.15, 0.2) is 0 Å². The molecule has 19 heavy (non-hydrogen) atoms. The summed E-state index contributed by atoms with van der Waals surface area (Å²) in [6.45, 7) is 1.66. The van der Waals surface area contributed by atoms with Crippen molar-refractivity contribution in [2.75, 3.05) is 26.4 Å². The van der Waals surface area contributed by atoms with Crippen LogP contribution in [-0.4, -0.2) is 42.4 Å². The molecule has 0 radical (unpaired) electrons. The van der Waals surface area contributed by atoms with Crippen LogP contribution in [0.3, 0.4) is 0 Å².